The predicted octanol–water partition coefficient (Wildman–Crippen LogP) is -1.74. The number of aliphatic hydroxyl groups excluding tert-OH is 1. The lowest BCUT2D eigenvalue weighted by atomic mass is 10.1. The van der Waals surface area contributed by atoms with E-state index < -0.39 is 40.9 Å². The quantitative estimate of drug-likeness (QED) is 0.350. The first-order chi connectivity index (χ1) is 7.94. The van der Waals surface area contributed by atoms with Crippen molar-refractivity contribution in [2.24, 2.45) is 0 Å². The molecule has 0 aliphatic carbocycles. The second-order valence-electron chi connectivity index (χ2n) is 3.54. The van der Waals surface area contributed by atoms with Gasteiger partial charge in [-0.05, 0) is 0 Å². The Kier molecular flexibility index (Phi) is 2.73. The van der Waals surface area contributed by atoms with Gasteiger partial charge < -0.3 is 14.6 Å². The van der Waals surface area contributed by atoms with Gasteiger partial charge in [0.15, 0.2) is 0 Å². The van der Waals surface area contributed by atoms with Crippen LogP contribution >= 0.6 is 0 Å². The Hall–Kier alpha value is -1.72. The third-order valence-corrected chi connectivity index (χ3v) is 2.49. The molecule has 0 aromatic heterocycles. The summed E-state index contributed by atoms with van der Waals surface area (Å²) in [6, 6.07) is 0. The van der Waals surface area contributed by atoms with Crippen molar-refractivity contribution >= 4 is 0 Å². The SMILES string of the molecule is O=[N+]([O-])OC1(O[N+](=O)[O-])CO[C@@H]2[C@H](O)CO[C@@H]21. The highest BCUT2D eigenvalue weighted by Crippen LogP contribution is 2.37. The lowest BCUT2D eigenvalue weighted by molar-refractivity contribution is -0.874. The molecule has 0 aromatic carbocycles. The number of ether oxygens (including phenoxy) is 2. The lowest BCUT2D eigenvalue weighted by Gasteiger charge is -2.26. The zero-order valence-corrected chi connectivity index (χ0v) is 8.25. The highest BCUT2D eigenvalue weighted by Gasteiger charge is 2.62. The molecule has 2 rings (SSSR count). The first kappa shape index (κ1) is 11.8. The molecule has 11 heteroatoms. The topological polar surface area (TPSA) is 143 Å². The van der Waals surface area contributed by atoms with E-state index in [9.17, 15) is 25.3 Å². The fraction of sp³-hybridized carbons (Fsp3) is 1.00. The normalized spacial score (nSPS) is 34.1. The molecule has 0 unspecified atom stereocenters. The van der Waals surface area contributed by atoms with Crippen LogP contribution in [0.25, 0.3) is 0 Å². The maximum absolute atomic E-state index is 10.3. The van der Waals surface area contributed by atoms with Gasteiger partial charge in [-0.15, -0.1) is 20.2 Å². The standard InChI is InChI=1S/C6H8N2O9/c9-3-1-14-5-4(3)15-2-6(5,16-7(10)11)17-8(12)13/h3-5,9H,1-2H2/t3-,4-,5+/m1/s1. The molecule has 2 fully saturated rings. The summed E-state index contributed by atoms with van der Waals surface area (Å²) in [7, 11) is 0. The highest BCUT2D eigenvalue weighted by molar-refractivity contribution is 4.99. The number of hydrogen-bond acceptors (Lipinski definition) is 9. The molecular formula is C6H8N2O9. The van der Waals surface area contributed by atoms with E-state index in [2.05, 4.69) is 9.68 Å². The van der Waals surface area contributed by atoms with Crippen LogP contribution in [0.5, 0.6) is 0 Å². The van der Waals surface area contributed by atoms with E-state index in [1.807, 2.05) is 0 Å². The first-order valence-corrected chi connectivity index (χ1v) is 4.53. The van der Waals surface area contributed by atoms with Gasteiger partial charge in [0.2, 0.25) is 0 Å². The van der Waals surface area contributed by atoms with E-state index >= 15 is 0 Å². The molecular weight excluding hydrogens is 244 g/mol. The van der Waals surface area contributed by atoms with Crippen LogP contribution in [0, 0.1) is 20.2 Å². The van der Waals surface area contributed by atoms with Crippen molar-refractivity contribution in [1.29, 1.82) is 0 Å². The molecule has 2 aliphatic rings. The van der Waals surface area contributed by atoms with E-state index in [1.54, 1.807) is 0 Å². The van der Waals surface area contributed by atoms with Crippen molar-refractivity contribution in [1.82, 2.24) is 0 Å². The van der Waals surface area contributed by atoms with Crippen LogP contribution in [-0.2, 0) is 19.1 Å². The molecule has 96 valence electrons. The van der Waals surface area contributed by atoms with Crippen molar-refractivity contribution in [2.45, 2.75) is 24.1 Å². The van der Waals surface area contributed by atoms with Crippen LogP contribution in [-0.4, -0.2) is 52.6 Å². The summed E-state index contributed by atoms with van der Waals surface area (Å²) in [5.41, 5.74) is 0. The largest absolute Gasteiger partial charge is 0.388 e. The maximum Gasteiger partial charge on any atom is 0.314 e. The van der Waals surface area contributed by atoms with Gasteiger partial charge in [0, 0.05) is 0 Å². The highest BCUT2D eigenvalue weighted by atomic mass is 17.1. The molecule has 2 saturated heterocycles. The summed E-state index contributed by atoms with van der Waals surface area (Å²) in [6.07, 6.45) is -3.21. The number of hydrogen-bond donors (Lipinski definition) is 1. The lowest BCUT2D eigenvalue weighted by Crippen LogP contribution is -2.51. The van der Waals surface area contributed by atoms with Crippen molar-refractivity contribution in [3.05, 3.63) is 20.2 Å². The smallest absolute Gasteiger partial charge is 0.314 e. The molecule has 0 aromatic rings. The van der Waals surface area contributed by atoms with Crippen LogP contribution < -0.4 is 0 Å². The molecule has 3 atom stereocenters. The minimum atomic E-state index is -2.28. The van der Waals surface area contributed by atoms with E-state index in [0.29, 0.717) is 0 Å². The number of fused-ring (bicyclic) bond motifs is 1. The van der Waals surface area contributed by atoms with E-state index in [1.165, 1.54) is 0 Å². The number of aliphatic hydroxyl groups is 1. The molecule has 0 bridgehead atoms. The third-order valence-electron chi connectivity index (χ3n) is 2.49. The fourth-order valence-corrected chi connectivity index (χ4v) is 1.89. The second kappa shape index (κ2) is 3.94. The Bertz CT molecular complexity index is 330. The summed E-state index contributed by atoms with van der Waals surface area (Å²) in [4.78, 5) is 29.0. The molecule has 2 aliphatic heterocycles. The van der Waals surface area contributed by atoms with Gasteiger partial charge in [-0.3, -0.25) is 9.68 Å². The minimum Gasteiger partial charge on any atom is -0.388 e. The van der Waals surface area contributed by atoms with Gasteiger partial charge in [0.05, 0.1) is 6.61 Å². The summed E-state index contributed by atoms with van der Waals surface area (Å²) in [5.74, 6) is -2.28. The van der Waals surface area contributed by atoms with Crippen molar-refractivity contribution in [3.63, 3.8) is 0 Å². The zero-order valence-electron chi connectivity index (χ0n) is 8.25. The van der Waals surface area contributed by atoms with Crippen molar-refractivity contribution < 1.29 is 34.4 Å². The van der Waals surface area contributed by atoms with Crippen LogP contribution in [0.4, 0.5) is 0 Å². The molecule has 2 heterocycles. The van der Waals surface area contributed by atoms with Crippen LogP contribution in [0.2, 0.25) is 0 Å². The van der Waals surface area contributed by atoms with Gasteiger partial charge in [0.1, 0.15) is 24.9 Å². The van der Waals surface area contributed by atoms with Crippen molar-refractivity contribution in [2.75, 3.05) is 13.2 Å². The van der Waals surface area contributed by atoms with E-state index in [0.717, 1.165) is 0 Å². The molecule has 0 amide bonds. The Labute approximate surface area is 93.0 Å². The molecule has 0 radical (unpaired) electrons. The summed E-state index contributed by atoms with van der Waals surface area (Å²) in [6.45, 7) is -0.749. The molecule has 17 heavy (non-hydrogen) atoms. The Balaban J connectivity index is 2.22. The second-order valence-corrected chi connectivity index (χ2v) is 3.54. The molecule has 0 spiro atoms. The van der Waals surface area contributed by atoms with Crippen LogP contribution in [0.1, 0.15) is 0 Å². The van der Waals surface area contributed by atoms with Gasteiger partial charge >= 0.3 is 5.79 Å². The number of rotatable bonds is 4. The van der Waals surface area contributed by atoms with E-state index in [4.69, 9.17) is 9.47 Å². The van der Waals surface area contributed by atoms with Crippen LogP contribution in [0.3, 0.4) is 0 Å². The van der Waals surface area contributed by atoms with Crippen LogP contribution in [0.15, 0.2) is 0 Å². The Morgan fingerprint density at radius 1 is 1.24 bits per heavy atom. The third kappa shape index (κ3) is 1.94. The average Bonchev–Trinajstić information content (AvgIpc) is 2.69. The molecule has 0 saturated carbocycles. The number of nitrogens with zero attached hydrogens (tertiary/aromatic N) is 2. The minimum absolute atomic E-state index is 0.167. The van der Waals surface area contributed by atoms with Gasteiger partial charge in [-0.1, -0.05) is 0 Å². The Morgan fingerprint density at radius 2 is 1.82 bits per heavy atom. The van der Waals surface area contributed by atoms with Crippen molar-refractivity contribution in [3.8, 4) is 0 Å². The summed E-state index contributed by atoms with van der Waals surface area (Å²) in [5, 5.41) is 27.6. The predicted molar refractivity (Wildman–Crippen MR) is 44.4 cm³/mol. The van der Waals surface area contributed by atoms with Gasteiger partial charge in [-0.25, -0.2) is 0 Å². The zero-order chi connectivity index (χ0) is 12.6. The monoisotopic (exact) mass is 252 g/mol. The molecule has 1 N–H and O–H groups in total. The average molecular weight is 252 g/mol. The van der Waals surface area contributed by atoms with Gasteiger partial charge in [-0.2, -0.15) is 0 Å². The first-order valence-electron chi connectivity index (χ1n) is 4.53. The van der Waals surface area contributed by atoms with Gasteiger partial charge in [0.25, 0.3) is 10.2 Å². The summed E-state index contributed by atoms with van der Waals surface area (Å²) >= 11 is 0. The Morgan fingerprint density at radius 3 is 2.35 bits per heavy atom. The van der Waals surface area contributed by atoms with E-state index in [-0.39, 0.29) is 6.61 Å². The fourth-order valence-electron chi connectivity index (χ4n) is 1.89. The maximum atomic E-state index is 10.3. The molecule has 11 nitrogen and oxygen atoms in total. The summed E-state index contributed by atoms with van der Waals surface area (Å²) < 4.78 is 9.95.